The Labute approximate surface area is 160 Å². The number of nitrogens with zero attached hydrogens (tertiary/aromatic N) is 1. The Kier molecular flexibility index (Phi) is 5.76. The van der Waals surface area contributed by atoms with Crippen LogP contribution in [0.15, 0.2) is 71.8 Å². The molecule has 0 aliphatic rings. The molecule has 0 spiro atoms. The summed E-state index contributed by atoms with van der Waals surface area (Å²) in [5, 5.41) is 3.24. The monoisotopic (exact) mass is 381 g/mol. The van der Waals surface area contributed by atoms with Crippen molar-refractivity contribution in [3.63, 3.8) is 0 Å². The first-order valence-electron chi connectivity index (χ1n) is 8.78. The Morgan fingerprint density at radius 1 is 0.963 bits per heavy atom. The minimum Gasteiger partial charge on any atom is -0.370 e. The van der Waals surface area contributed by atoms with Gasteiger partial charge in [0.1, 0.15) is 5.82 Å². The number of rotatable bonds is 7. The lowest BCUT2D eigenvalue weighted by atomic mass is 10.1. The molecule has 0 radical (unpaired) electrons. The second-order valence-corrected chi connectivity index (χ2v) is 8.12. The molecule has 0 fully saturated rings. The van der Waals surface area contributed by atoms with Crippen molar-refractivity contribution in [1.29, 1.82) is 0 Å². The molecule has 3 rings (SSSR count). The van der Waals surface area contributed by atoms with E-state index in [4.69, 9.17) is 0 Å². The summed E-state index contributed by atoms with van der Waals surface area (Å²) < 4.78 is 27.8. The van der Waals surface area contributed by atoms with Crippen LogP contribution in [0.1, 0.15) is 16.7 Å². The Hall–Kier alpha value is -2.86. The standard InChI is InChI=1S/C21H23N3O2S/c1-16-8-10-20(17(2)14-16)27(25,26)24-19-9-11-21(23-15-19)22-13-12-18-6-4-3-5-7-18/h3-11,14-15,24H,12-13H2,1-2H3,(H,22,23). The van der Waals surface area contributed by atoms with Gasteiger partial charge < -0.3 is 5.32 Å². The minimum atomic E-state index is -3.64. The van der Waals surface area contributed by atoms with Gasteiger partial charge in [0.05, 0.1) is 16.8 Å². The van der Waals surface area contributed by atoms with Crippen LogP contribution in [0.3, 0.4) is 0 Å². The Morgan fingerprint density at radius 2 is 1.74 bits per heavy atom. The molecule has 1 aromatic heterocycles. The molecule has 0 bridgehead atoms. The van der Waals surface area contributed by atoms with Crippen LogP contribution in [0.5, 0.6) is 0 Å². The number of hydrogen-bond donors (Lipinski definition) is 2. The molecule has 1 heterocycles. The summed E-state index contributed by atoms with van der Waals surface area (Å²) in [6.45, 7) is 4.48. The number of sulfonamides is 1. The smallest absolute Gasteiger partial charge is 0.262 e. The fraction of sp³-hybridized carbons (Fsp3) is 0.190. The number of aryl methyl sites for hydroxylation is 2. The van der Waals surface area contributed by atoms with Crippen LogP contribution in [0.4, 0.5) is 11.5 Å². The van der Waals surface area contributed by atoms with E-state index in [1.54, 1.807) is 31.2 Å². The van der Waals surface area contributed by atoms with Crippen LogP contribution < -0.4 is 10.0 Å². The van der Waals surface area contributed by atoms with Gasteiger partial charge in [-0.2, -0.15) is 0 Å². The number of hydrogen-bond acceptors (Lipinski definition) is 4. The lowest BCUT2D eigenvalue weighted by Crippen LogP contribution is -2.14. The molecule has 0 aliphatic heterocycles. The van der Waals surface area contributed by atoms with Crippen molar-refractivity contribution in [2.45, 2.75) is 25.2 Å². The van der Waals surface area contributed by atoms with Crippen LogP contribution in [-0.2, 0) is 16.4 Å². The third-order valence-corrected chi connectivity index (χ3v) is 5.74. The van der Waals surface area contributed by atoms with Crippen molar-refractivity contribution in [3.05, 3.63) is 83.6 Å². The van der Waals surface area contributed by atoms with Crippen molar-refractivity contribution in [2.24, 2.45) is 0 Å². The summed E-state index contributed by atoms with van der Waals surface area (Å²) in [6, 6.07) is 18.9. The third-order valence-electron chi connectivity index (χ3n) is 4.20. The zero-order chi connectivity index (χ0) is 19.3. The SMILES string of the molecule is Cc1ccc(S(=O)(=O)Nc2ccc(NCCc3ccccc3)nc2)c(C)c1. The van der Waals surface area contributed by atoms with Crippen molar-refractivity contribution in [2.75, 3.05) is 16.6 Å². The Morgan fingerprint density at radius 3 is 2.41 bits per heavy atom. The van der Waals surface area contributed by atoms with Crippen LogP contribution in [0.25, 0.3) is 0 Å². The van der Waals surface area contributed by atoms with E-state index in [1.807, 2.05) is 31.2 Å². The van der Waals surface area contributed by atoms with E-state index in [2.05, 4.69) is 27.2 Å². The van der Waals surface area contributed by atoms with Gasteiger partial charge in [-0.1, -0.05) is 48.0 Å². The molecule has 6 heteroatoms. The lowest BCUT2D eigenvalue weighted by molar-refractivity contribution is 0.600. The highest BCUT2D eigenvalue weighted by molar-refractivity contribution is 7.92. The van der Waals surface area contributed by atoms with Crippen molar-refractivity contribution < 1.29 is 8.42 Å². The highest BCUT2D eigenvalue weighted by Gasteiger charge is 2.17. The van der Waals surface area contributed by atoms with Gasteiger partial charge in [0.15, 0.2) is 0 Å². The van der Waals surface area contributed by atoms with E-state index in [0.29, 0.717) is 11.5 Å². The molecule has 0 saturated heterocycles. The molecule has 0 amide bonds. The molecule has 0 atom stereocenters. The van der Waals surface area contributed by atoms with Gasteiger partial charge in [-0.15, -0.1) is 0 Å². The summed E-state index contributed by atoms with van der Waals surface area (Å²) in [4.78, 5) is 4.56. The Balaban J connectivity index is 1.61. The topological polar surface area (TPSA) is 71.1 Å². The molecule has 0 unspecified atom stereocenters. The fourth-order valence-electron chi connectivity index (χ4n) is 2.85. The summed E-state index contributed by atoms with van der Waals surface area (Å²) in [5.41, 5.74) is 3.43. The van der Waals surface area contributed by atoms with E-state index in [1.165, 1.54) is 11.8 Å². The van der Waals surface area contributed by atoms with E-state index < -0.39 is 10.0 Å². The molecule has 140 valence electrons. The van der Waals surface area contributed by atoms with Crippen LogP contribution >= 0.6 is 0 Å². The zero-order valence-corrected chi connectivity index (χ0v) is 16.3. The number of nitrogens with one attached hydrogen (secondary N) is 2. The van der Waals surface area contributed by atoms with Crippen LogP contribution in [-0.4, -0.2) is 19.9 Å². The molecule has 27 heavy (non-hydrogen) atoms. The lowest BCUT2D eigenvalue weighted by Gasteiger charge is -2.11. The van der Waals surface area contributed by atoms with E-state index in [9.17, 15) is 8.42 Å². The van der Waals surface area contributed by atoms with Crippen LogP contribution in [0.2, 0.25) is 0 Å². The van der Waals surface area contributed by atoms with Crippen molar-refractivity contribution in [1.82, 2.24) is 4.98 Å². The zero-order valence-electron chi connectivity index (χ0n) is 15.4. The predicted octanol–water partition coefficient (Wildman–Crippen LogP) is 4.15. The van der Waals surface area contributed by atoms with Gasteiger partial charge in [-0.3, -0.25) is 4.72 Å². The van der Waals surface area contributed by atoms with Gasteiger partial charge in [-0.25, -0.2) is 13.4 Å². The second-order valence-electron chi connectivity index (χ2n) is 6.47. The molecule has 3 aromatic rings. The molecule has 0 aliphatic carbocycles. The third kappa shape index (κ3) is 5.08. The maximum Gasteiger partial charge on any atom is 0.262 e. The molecular formula is C21H23N3O2S. The molecule has 2 N–H and O–H groups in total. The summed E-state index contributed by atoms with van der Waals surface area (Å²) in [7, 11) is -3.64. The van der Waals surface area contributed by atoms with Crippen molar-refractivity contribution >= 4 is 21.5 Å². The number of pyridine rings is 1. The van der Waals surface area contributed by atoms with E-state index >= 15 is 0 Å². The fourth-order valence-corrected chi connectivity index (χ4v) is 4.12. The van der Waals surface area contributed by atoms with Gasteiger partial charge in [0.25, 0.3) is 10.0 Å². The maximum absolute atomic E-state index is 12.6. The second kappa shape index (κ2) is 8.22. The molecule has 5 nitrogen and oxygen atoms in total. The molecular weight excluding hydrogens is 358 g/mol. The summed E-state index contributed by atoms with van der Waals surface area (Å²) in [5.74, 6) is 0.709. The summed E-state index contributed by atoms with van der Waals surface area (Å²) >= 11 is 0. The van der Waals surface area contributed by atoms with Crippen molar-refractivity contribution in [3.8, 4) is 0 Å². The van der Waals surface area contributed by atoms with Gasteiger partial charge in [0.2, 0.25) is 0 Å². The first kappa shape index (κ1) is 18.9. The quantitative estimate of drug-likeness (QED) is 0.645. The first-order valence-corrected chi connectivity index (χ1v) is 10.3. The number of benzene rings is 2. The number of aromatic nitrogens is 1. The van der Waals surface area contributed by atoms with E-state index in [-0.39, 0.29) is 4.90 Å². The van der Waals surface area contributed by atoms with Gasteiger partial charge in [-0.05, 0) is 49.6 Å². The highest BCUT2D eigenvalue weighted by Crippen LogP contribution is 2.20. The number of anilines is 2. The molecule has 0 saturated carbocycles. The van der Waals surface area contributed by atoms with Gasteiger partial charge >= 0.3 is 0 Å². The van der Waals surface area contributed by atoms with Crippen LogP contribution in [0, 0.1) is 13.8 Å². The maximum atomic E-state index is 12.6. The minimum absolute atomic E-state index is 0.276. The van der Waals surface area contributed by atoms with E-state index in [0.717, 1.165) is 24.1 Å². The molecule has 2 aromatic carbocycles. The normalized spacial score (nSPS) is 11.2. The largest absolute Gasteiger partial charge is 0.370 e. The average Bonchev–Trinajstić information content (AvgIpc) is 2.63. The predicted molar refractivity (Wildman–Crippen MR) is 110 cm³/mol. The first-order chi connectivity index (χ1) is 12.9. The highest BCUT2D eigenvalue weighted by atomic mass is 32.2. The average molecular weight is 382 g/mol. The van der Waals surface area contributed by atoms with Gasteiger partial charge in [0, 0.05) is 6.54 Å². The summed E-state index contributed by atoms with van der Waals surface area (Å²) in [6.07, 6.45) is 2.41. The Bertz CT molecular complexity index is 1000.